The van der Waals surface area contributed by atoms with E-state index < -0.39 is 0 Å². The van der Waals surface area contributed by atoms with Gasteiger partial charge in [0, 0.05) is 29.6 Å². The first-order chi connectivity index (χ1) is 9.49. The van der Waals surface area contributed by atoms with Gasteiger partial charge in [-0.1, -0.05) is 33.8 Å². The first-order valence-electron chi connectivity index (χ1n) is 7.77. The summed E-state index contributed by atoms with van der Waals surface area (Å²) in [6.45, 7) is 11.1. The lowest BCUT2D eigenvalue weighted by molar-refractivity contribution is 0.491. The lowest BCUT2D eigenvalue weighted by Crippen LogP contribution is -2.33. The molecule has 1 atom stereocenters. The van der Waals surface area contributed by atoms with Crippen LogP contribution in [0.15, 0.2) is 22.7 Å². The second-order valence-corrected chi connectivity index (χ2v) is 7.32. The molecular weight excluding hydrogens is 312 g/mol. The van der Waals surface area contributed by atoms with Gasteiger partial charge in [-0.3, -0.25) is 0 Å². The smallest absolute Gasteiger partial charge is 0.0513 e. The van der Waals surface area contributed by atoms with Crippen LogP contribution in [-0.4, -0.2) is 18.6 Å². The average Bonchev–Trinajstić information content (AvgIpc) is 2.85. The first-order valence-corrected chi connectivity index (χ1v) is 8.56. The summed E-state index contributed by atoms with van der Waals surface area (Å²) in [5.41, 5.74) is 2.70. The number of hydrogen-bond acceptors (Lipinski definition) is 2. The monoisotopic (exact) mass is 338 g/mol. The molecule has 2 rings (SSSR count). The van der Waals surface area contributed by atoms with Crippen LogP contribution in [0.2, 0.25) is 0 Å². The largest absolute Gasteiger partial charge is 0.367 e. The van der Waals surface area contributed by atoms with Crippen LogP contribution < -0.4 is 10.2 Å². The van der Waals surface area contributed by atoms with Gasteiger partial charge in [0.2, 0.25) is 0 Å². The van der Waals surface area contributed by atoms with Crippen LogP contribution in [-0.2, 0) is 6.54 Å². The van der Waals surface area contributed by atoms with Crippen LogP contribution in [0.5, 0.6) is 0 Å². The molecule has 2 nitrogen and oxygen atoms in total. The van der Waals surface area contributed by atoms with E-state index in [1.807, 2.05) is 0 Å². The fourth-order valence-electron chi connectivity index (χ4n) is 3.00. The fourth-order valence-corrected chi connectivity index (χ4v) is 3.65. The third kappa shape index (κ3) is 3.76. The minimum atomic E-state index is 0.525. The van der Waals surface area contributed by atoms with E-state index in [4.69, 9.17) is 0 Å². The Morgan fingerprint density at radius 2 is 2.05 bits per heavy atom. The summed E-state index contributed by atoms with van der Waals surface area (Å²) in [6.07, 6.45) is 2.63. The van der Waals surface area contributed by atoms with Gasteiger partial charge in [0.15, 0.2) is 0 Å². The Labute approximate surface area is 132 Å². The van der Waals surface area contributed by atoms with E-state index in [-0.39, 0.29) is 0 Å². The van der Waals surface area contributed by atoms with Crippen molar-refractivity contribution in [1.82, 2.24) is 5.32 Å². The molecule has 1 N–H and O–H groups in total. The highest BCUT2D eigenvalue weighted by molar-refractivity contribution is 9.10. The predicted octanol–water partition coefficient (Wildman–Crippen LogP) is 4.57. The van der Waals surface area contributed by atoms with Crippen LogP contribution in [0.25, 0.3) is 0 Å². The van der Waals surface area contributed by atoms with Crippen LogP contribution in [0, 0.1) is 5.92 Å². The predicted molar refractivity (Wildman–Crippen MR) is 91.3 cm³/mol. The summed E-state index contributed by atoms with van der Waals surface area (Å²) in [6, 6.07) is 8.01. The Balaban J connectivity index is 2.13. The fraction of sp³-hybridized carbons (Fsp3) is 0.647. The standard InChI is InChI=1S/C17H27BrN2/c1-12(2)16-6-5-9-20(16)17-8-7-14(10-15(17)18)11-19-13(3)4/h7-8,10,12-13,16,19H,5-6,9,11H2,1-4H3. The maximum atomic E-state index is 3.77. The molecule has 1 fully saturated rings. The van der Waals surface area contributed by atoms with Crippen LogP contribution in [0.4, 0.5) is 5.69 Å². The molecule has 1 aromatic rings. The van der Waals surface area contributed by atoms with Crippen molar-refractivity contribution in [3.63, 3.8) is 0 Å². The van der Waals surface area contributed by atoms with Crippen molar-refractivity contribution < 1.29 is 0 Å². The Kier molecular flexibility index (Phi) is 5.50. The van der Waals surface area contributed by atoms with E-state index >= 15 is 0 Å². The SMILES string of the molecule is CC(C)NCc1ccc(N2CCCC2C(C)C)c(Br)c1. The average molecular weight is 339 g/mol. The summed E-state index contributed by atoms with van der Waals surface area (Å²) in [4.78, 5) is 2.58. The molecule has 0 bridgehead atoms. The third-order valence-electron chi connectivity index (χ3n) is 4.10. The summed E-state index contributed by atoms with van der Waals surface area (Å²) < 4.78 is 1.23. The van der Waals surface area contributed by atoms with Gasteiger partial charge < -0.3 is 10.2 Å². The number of hydrogen-bond donors (Lipinski definition) is 1. The molecule has 0 aliphatic carbocycles. The molecule has 0 saturated carbocycles. The second-order valence-electron chi connectivity index (χ2n) is 6.47. The number of rotatable bonds is 5. The van der Waals surface area contributed by atoms with Crippen LogP contribution in [0.1, 0.15) is 46.1 Å². The molecule has 0 spiro atoms. The van der Waals surface area contributed by atoms with Crippen molar-refractivity contribution in [2.45, 2.75) is 59.2 Å². The summed E-state index contributed by atoms with van der Waals surface area (Å²) in [7, 11) is 0. The van der Waals surface area contributed by atoms with Crippen molar-refractivity contribution in [3.8, 4) is 0 Å². The topological polar surface area (TPSA) is 15.3 Å². The Morgan fingerprint density at radius 3 is 2.65 bits per heavy atom. The zero-order valence-electron chi connectivity index (χ0n) is 13.1. The second kappa shape index (κ2) is 6.95. The molecule has 0 aromatic heterocycles. The van der Waals surface area contributed by atoms with E-state index in [1.54, 1.807) is 0 Å². The van der Waals surface area contributed by atoms with Gasteiger partial charge >= 0.3 is 0 Å². The maximum absolute atomic E-state index is 3.77. The van der Waals surface area contributed by atoms with E-state index in [9.17, 15) is 0 Å². The molecule has 20 heavy (non-hydrogen) atoms. The number of benzene rings is 1. The highest BCUT2D eigenvalue weighted by atomic mass is 79.9. The molecule has 0 radical (unpaired) electrons. The molecule has 112 valence electrons. The molecule has 1 aromatic carbocycles. The Hall–Kier alpha value is -0.540. The molecule has 0 amide bonds. The van der Waals surface area contributed by atoms with Crippen molar-refractivity contribution in [2.75, 3.05) is 11.4 Å². The molecular formula is C17H27BrN2. The Bertz CT molecular complexity index is 443. The number of nitrogens with one attached hydrogen (secondary N) is 1. The lowest BCUT2D eigenvalue weighted by Gasteiger charge is -2.30. The van der Waals surface area contributed by atoms with Crippen molar-refractivity contribution in [2.24, 2.45) is 5.92 Å². The van der Waals surface area contributed by atoms with Gasteiger partial charge in [-0.2, -0.15) is 0 Å². The van der Waals surface area contributed by atoms with Crippen LogP contribution in [0.3, 0.4) is 0 Å². The lowest BCUT2D eigenvalue weighted by atomic mass is 10.0. The van der Waals surface area contributed by atoms with Crippen molar-refractivity contribution in [3.05, 3.63) is 28.2 Å². The molecule has 3 heteroatoms. The number of halogens is 1. The number of anilines is 1. The summed E-state index contributed by atoms with van der Waals surface area (Å²) in [5, 5.41) is 3.47. The third-order valence-corrected chi connectivity index (χ3v) is 4.74. The zero-order valence-corrected chi connectivity index (χ0v) is 14.7. The van der Waals surface area contributed by atoms with Gasteiger partial charge in [-0.25, -0.2) is 0 Å². The summed E-state index contributed by atoms with van der Waals surface area (Å²) in [5.74, 6) is 0.715. The zero-order chi connectivity index (χ0) is 14.7. The van der Waals surface area contributed by atoms with Gasteiger partial charge in [0.25, 0.3) is 0 Å². The van der Waals surface area contributed by atoms with Gasteiger partial charge in [0.1, 0.15) is 0 Å². The molecule has 1 saturated heterocycles. The molecule has 1 aliphatic heterocycles. The van der Waals surface area contributed by atoms with Crippen molar-refractivity contribution in [1.29, 1.82) is 0 Å². The molecule has 1 unspecified atom stereocenters. The van der Waals surface area contributed by atoms with Gasteiger partial charge in [-0.05, 0) is 52.4 Å². The molecule has 1 heterocycles. The Morgan fingerprint density at radius 1 is 1.30 bits per heavy atom. The van der Waals surface area contributed by atoms with E-state index in [1.165, 1.54) is 35.1 Å². The highest BCUT2D eigenvalue weighted by Crippen LogP contribution is 2.35. The summed E-state index contributed by atoms with van der Waals surface area (Å²) >= 11 is 3.77. The quantitative estimate of drug-likeness (QED) is 0.845. The van der Waals surface area contributed by atoms with Gasteiger partial charge in [0.05, 0.1) is 5.69 Å². The normalized spacial score (nSPS) is 19.4. The minimum absolute atomic E-state index is 0.525. The minimum Gasteiger partial charge on any atom is -0.367 e. The van der Waals surface area contributed by atoms with E-state index in [2.05, 4.69) is 72.0 Å². The van der Waals surface area contributed by atoms with Crippen molar-refractivity contribution >= 4 is 21.6 Å². The molecule has 1 aliphatic rings. The van der Waals surface area contributed by atoms with Gasteiger partial charge in [-0.15, -0.1) is 0 Å². The number of nitrogens with zero attached hydrogens (tertiary/aromatic N) is 1. The highest BCUT2D eigenvalue weighted by Gasteiger charge is 2.28. The van der Waals surface area contributed by atoms with Crippen LogP contribution >= 0.6 is 15.9 Å². The first kappa shape index (κ1) is 15.8. The van der Waals surface area contributed by atoms with E-state index in [0.29, 0.717) is 18.0 Å². The maximum Gasteiger partial charge on any atom is 0.0513 e. The van der Waals surface area contributed by atoms with E-state index in [0.717, 1.165) is 6.54 Å².